The van der Waals surface area contributed by atoms with Crippen LogP contribution in [0.5, 0.6) is 0 Å². The fourth-order valence-corrected chi connectivity index (χ4v) is 1.29. The summed E-state index contributed by atoms with van der Waals surface area (Å²) >= 11 is 0. The van der Waals surface area contributed by atoms with E-state index in [9.17, 15) is 27.5 Å². The van der Waals surface area contributed by atoms with Gasteiger partial charge < -0.3 is 9.84 Å². The van der Waals surface area contributed by atoms with Crippen LogP contribution >= 0.6 is 0 Å². The summed E-state index contributed by atoms with van der Waals surface area (Å²) in [6.45, 7) is 0.935. The maximum Gasteiger partial charge on any atom is 0.380 e. The Balaban J connectivity index is 3.13. The number of alkyl halides is 2. The van der Waals surface area contributed by atoms with Gasteiger partial charge in [-0.05, 0) is 19.1 Å². The van der Waals surface area contributed by atoms with E-state index in [0.717, 1.165) is 6.07 Å². The minimum atomic E-state index is -4.43. The van der Waals surface area contributed by atoms with Gasteiger partial charge in [-0.3, -0.25) is 0 Å². The van der Waals surface area contributed by atoms with Gasteiger partial charge in [0.25, 0.3) is 0 Å². The topological polar surface area (TPSA) is 46.5 Å². The number of rotatable bonds is 4. The maximum absolute atomic E-state index is 13.4. The summed E-state index contributed by atoms with van der Waals surface area (Å²) in [6, 6.07) is 2.34. The second-order valence-corrected chi connectivity index (χ2v) is 3.38. The fraction of sp³-hybridized carbons (Fsp3) is 0.364. The standard InChI is InChI=1S/C11H10F4O3/c1-2-18-10(17)11(14,15)9(16)8-6(12)4-3-5-7(8)13/h3-5,9,16H,2H2,1H3. The number of hydrogen-bond donors (Lipinski definition) is 1. The molecule has 7 heteroatoms. The molecule has 0 saturated carbocycles. The third-order valence-corrected chi connectivity index (χ3v) is 2.16. The summed E-state index contributed by atoms with van der Waals surface area (Å²) in [4.78, 5) is 10.9. The van der Waals surface area contributed by atoms with Crippen molar-refractivity contribution in [3.8, 4) is 0 Å². The molecule has 0 aliphatic carbocycles. The van der Waals surface area contributed by atoms with Crippen molar-refractivity contribution >= 4 is 5.97 Å². The zero-order valence-electron chi connectivity index (χ0n) is 9.29. The highest BCUT2D eigenvalue weighted by molar-refractivity contribution is 5.78. The van der Waals surface area contributed by atoms with Crippen molar-refractivity contribution in [2.75, 3.05) is 6.61 Å². The van der Waals surface area contributed by atoms with E-state index in [1.165, 1.54) is 6.92 Å². The molecule has 18 heavy (non-hydrogen) atoms. The first-order valence-corrected chi connectivity index (χ1v) is 4.99. The number of benzene rings is 1. The molecular weight excluding hydrogens is 256 g/mol. The maximum atomic E-state index is 13.4. The predicted molar refractivity (Wildman–Crippen MR) is 52.9 cm³/mol. The highest BCUT2D eigenvalue weighted by Crippen LogP contribution is 2.35. The van der Waals surface area contributed by atoms with Crippen LogP contribution in [-0.2, 0) is 9.53 Å². The molecule has 1 atom stereocenters. The van der Waals surface area contributed by atoms with Crippen LogP contribution in [-0.4, -0.2) is 23.6 Å². The molecule has 0 radical (unpaired) electrons. The Labute approximate surface area is 100.0 Å². The van der Waals surface area contributed by atoms with Crippen LogP contribution in [0, 0.1) is 11.6 Å². The van der Waals surface area contributed by atoms with Gasteiger partial charge in [0.15, 0.2) is 6.10 Å². The van der Waals surface area contributed by atoms with Crippen molar-refractivity contribution in [1.82, 2.24) is 0 Å². The molecule has 1 aromatic carbocycles. The van der Waals surface area contributed by atoms with E-state index >= 15 is 0 Å². The van der Waals surface area contributed by atoms with Crippen LogP contribution in [0.15, 0.2) is 18.2 Å². The van der Waals surface area contributed by atoms with E-state index in [1.54, 1.807) is 0 Å². The predicted octanol–water partition coefficient (Wildman–Crippen LogP) is 2.20. The Kier molecular flexibility index (Phi) is 4.28. The Bertz CT molecular complexity index is 428. The number of esters is 1. The lowest BCUT2D eigenvalue weighted by atomic mass is 10.0. The Morgan fingerprint density at radius 1 is 1.39 bits per heavy atom. The molecular formula is C11H10F4O3. The van der Waals surface area contributed by atoms with Gasteiger partial charge in [0.05, 0.1) is 12.2 Å². The first-order chi connectivity index (χ1) is 8.32. The van der Waals surface area contributed by atoms with E-state index in [1.807, 2.05) is 0 Å². The van der Waals surface area contributed by atoms with Gasteiger partial charge in [-0.25, -0.2) is 13.6 Å². The Hall–Kier alpha value is -1.63. The van der Waals surface area contributed by atoms with Gasteiger partial charge in [0.2, 0.25) is 0 Å². The SMILES string of the molecule is CCOC(=O)C(F)(F)C(O)c1c(F)cccc1F. The molecule has 3 nitrogen and oxygen atoms in total. The van der Waals surface area contributed by atoms with Crippen LogP contribution in [0.25, 0.3) is 0 Å². The number of carbonyl (C=O) groups excluding carboxylic acids is 1. The summed E-state index contributed by atoms with van der Waals surface area (Å²) in [5.41, 5.74) is -1.27. The van der Waals surface area contributed by atoms with Crippen molar-refractivity contribution < 1.29 is 32.2 Å². The molecule has 0 fully saturated rings. The van der Waals surface area contributed by atoms with Gasteiger partial charge in [0, 0.05) is 0 Å². The second kappa shape index (κ2) is 5.34. The summed E-state index contributed by atoms with van der Waals surface area (Å²) in [5.74, 6) is -9.21. The molecule has 1 aromatic rings. The molecule has 1 rings (SSSR count). The highest BCUT2D eigenvalue weighted by Gasteiger charge is 2.50. The molecule has 1 unspecified atom stereocenters. The normalized spacial score (nSPS) is 13.2. The van der Waals surface area contributed by atoms with Crippen molar-refractivity contribution in [2.24, 2.45) is 0 Å². The molecule has 0 aliphatic heterocycles. The van der Waals surface area contributed by atoms with Crippen LogP contribution in [0.3, 0.4) is 0 Å². The average molecular weight is 266 g/mol. The largest absolute Gasteiger partial charge is 0.461 e. The van der Waals surface area contributed by atoms with Gasteiger partial charge >= 0.3 is 11.9 Å². The van der Waals surface area contributed by atoms with Gasteiger partial charge in [0.1, 0.15) is 11.6 Å². The number of hydrogen-bond acceptors (Lipinski definition) is 3. The van der Waals surface area contributed by atoms with E-state index in [-0.39, 0.29) is 6.61 Å². The van der Waals surface area contributed by atoms with Crippen LogP contribution in [0.1, 0.15) is 18.6 Å². The van der Waals surface area contributed by atoms with Gasteiger partial charge in [-0.15, -0.1) is 0 Å². The minimum Gasteiger partial charge on any atom is -0.461 e. The molecule has 0 bridgehead atoms. The summed E-state index contributed by atoms with van der Waals surface area (Å²) in [5, 5.41) is 9.28. The quantitative estimate of drug-likeness (QED) is 0.671. The van der Waals surface area contributed by atoms with Gasteiger partial charge in [-0.1, -0.05) is 6.07 Å². The number of aliphatic hydroxyl groups is 1. The lowest BCUT2D eigenvalue weighted by molar-refractivity contribution is -0.189. The van der Waals surface area contributed by atoms with Crippen molar-refractivity contribution in [3.05, 3.63) is 35.4 Å². The lowest BCUT2D eigenvalue weighted by Crippen LogP contribution is -2.38. The summed E-state index contributed by atoms with van der Waals surface area (Å²) in [6.07, 6.45) is -2.95. The number of halogens is 4. The molecule has 0 saturated heterocycles. The molecule has 1 N–H and O–H groups in total. The monoisotopic (exact) mass is 266 g/mol. The number of ether oxygens (including phenoxy) is 1. The zero-order valence-corrected chi connectivity index (χ0v) is 9.29. The minimum absolute atomic E-state index is 0.346. The molecule has 0 amide bonds. The summed E-state index contributed by atoms with van der Waals surface area (Å²) < 4.78 is 57.2. The highest BCUT2D eigenvalue weighted by atomic mass is 19.3. The molecule has 0 aliphatic rings. The van der Waals surface area contributed by atoms with Crippen molar-refractivity contribution in [2.45, 2.75) is 19.0 Å². The fourth-order valence-electron chi connectivity index (χ4n) is 1.29. The van der Waals surface area contributed by atoms with E-state index in [4.69, 9.17) is 0 Å². The Morgan fingerprint density at radius 3 is 2.33 bits per heavy atom. The zero-order chi connectivity index (χ0) is 13.9. The average Bonchev–Trinajstić information content (AvgIpc) is 2.28. The van der Waals surface area contributed by atoms with Crippen molar-refractivity contribution in [3.63, 3.8) is 0 Å². The van der Waals surface area contributed by atoms with Gasteiger partial charge in [-0.2, -0.15) is 8.78 Å². The molecule has 100 valence electrons. The summed E-state index contributed by atoms with van der Waals surface area (Å²) in [7, 11) is 0. The number of aliphatic hydroxyl groups excluding tert-OH is 1. The number of carbonyl (C=O) groups is 1. The lowest BCUT2D eigenvalue weighted by Gasteiger charge is -2.21. The Morgan fingerprint density at radius 2 is 1.89 bits per heavy atom. The van der Waals surface area contributed by atoms with Crippen LogP contribution in [0.4, 0.5) is 17.6 Å². The van der Waals surface area contributed by atoms with Crippen LogP contribution < -0.4 is 0 Å². The molecule has 0 aromatic heterocycles. The first-order valence-electron chi connectivity index (χ1n) is 4.99. The molecule has 0 spiro atoms. The molecule has 0 heterocycles. The third-order valence-electron chi connectivity index (χ3n) is 2.16. The van der Waals surface area contributed by atoms with E-state index < -0.39 is 35.2 Å². The second-order valence-electron chi connectivity index (χ2n) is 3.38. The smallest absolute Gasteiger partial charge is 0.380 e. The third kappa shape index (κ3) is 2.61. The van der Waals surface area contributed by atoms with Crippen molar-refractivity contribution in [1.29, 1.82) is 0 Å². The van der Waals surface area contributed by atoms with E-state index in [2.05, 4.69) is 4.74 Å². The van der Waals surface area contributed by atoms with Crippen LogP contribution in [0.2, 0.25) is 0 Å². The first kappa shape index (κ1) is 14.4. The van der Waals surface area contributed by atoms with E-state index in [0.29, 0.717) is 12.1 Å².